The van der Waals surface area contributed by atoms with Gasteiger partial charge in [-0.05, 0) is 19.8 Å². The highest BCUT2D eigenvalue weighted by atomic mass is 32.1. The third-order valence-corrected chi connectivity index (χ3v) is 4.70. The number of hydrogen-bond acceptors (Lipinski definition) is 5. The van der Waals surface area contributed by atoms with Crippen LogP contribution in [-0.4, -0.2) is 44.3 Å². The van der Waals surface area contributed by atoms with Crippen molar-refractivity contribution in [3.63, 3.8) is 0 Å². The van der Waals surface area contributed by atoms with Crippen molar-refractivity contribution in [2.45, 2.75) is 32.7 Å². The highest BCUT2D eigenvalue weighted by molar-refractivity contribution is 7.14. The number of thiazole rings is 1. The van der Waals surface area contributed by atoms with Crippen molar-refractivity contribution in [3.05, 3.63) is 29.3 Å². The van der Waals surface area contributed by atoms with Gasteiger partial charge in [0.25, 0.3) is 5.91 Å². The van der Waals surface area contributed by atoms with E-state index in [9.17, 15) is 9.59 Å². The molecule has 1 atom stereocenters. The second-order valence-corrected chi connectivity index (χ2v) is 6.51. The van der Waals surface area contributed by atoms with Gasteiger partial charge in [0.05, 0.1) is 6.04 Å². The molecule has 1 unspecified atom stereocenters. The Balaban J connectivity index is 1.71. The number of hydrogen-bond donors (Lipinski definition) is 1. The molecule has 1 aliphatic heterocycles. The van der Waals surface area contributed by atoms with Gasteiger partial charge in [-0.15, -0.1) is 11.3 Å². The molecule has 2 aromatic rings. The lowest BCUT2D eigenvalue weighted by atomic mass is 10.1. The first-order chi connectivity index (χ1) is 11.0. The van der Waals surface area contributed by atoms with Crippen molar-refractivity contribution in [2.24, 2.45) is 0 Å². The van der Waals surface area contributed by atoms with Crippen LogP contribution in [0.2, 0.25) is 0 Å². The number of aromatic nitrogens is 3. The van der Waals surface area contributed by atoms with E-state index in [1.165, 1.54) is 18.3 Å². The number of carbonyl (C=O) groups excluding carboxylic acids is 2. The van der Waals surface area contributed by atoms with E-state index >= 15 is 0 Å². The zero-order chi connectivity index (χ0) is 16.4. The smallest absolute Gasteiger partial charge is 0.273 e. The Bertz CT molecular complexity index is 723. The van der Waals surface area contributed by atoms with Crippen LogP contribution in [0.3, 0.4) is 0 Å². The maximum absolute atomic E-state index is 12.6. The first-order valence-corrected chi connectivity index (χ1v) is 8.44. The molecule has 7 nitrogen and oxygen atoms in total. The second-order valence-electron chi connectivity index (χ2n) is 5.65. The zero-order valence-corrected chi connectivity index (χ0v) is 14.0. The molecular weight excluding hydrogens is 314 g/mol. The number of likely N-dealkylation sites (tertiary alicyclic amines) is 1. The van der Waals surface area contributed by atoms with Gasteiger partial charge < -0.3 is 14.8 Å². The van der Waals surface area contributed by atoms with Crippen LogP contribution in [0.1, 0.15) is 42.1 Å². The number of anilines is 1. The number of carbonyl (C=O) groups is 2. The van der Waals surface area contributed by atoms with Gasteiger partial charge in [0, 0.05) is 37.8 Å². The highest BCUT2D eigenvalue weighted by Gasteiger charge is 2.27. The quantitative estimate of drug-likeness (QED) is 0.932. The molecule has 0 aromatic carbocycles. The predicted octanol–water partition coefficient (Wildman–Crippen LogP) is 2.08. The van der Waals surface area contributed by atoms with Crippen molar-refractivity contribution in [2.75, 3.05) is 18.4 Å². The minimum absolute atomic E-state index is 0.0830. The van der Waals surface area contributed by atoms with Gasteiger partial charge in [-0.2, -0.15) is 0 Å². The Kier molecular flexibility index (Phi) is 4.42. The van der Waals surface area contributed by atoms with E-state index in [0.29, 0.717) is 17.4 Å². The minimum Gasteiger partial charge on any atom is -0.335 e. The van der Waals surface area contributed by atoms with E-state index in [0.717, 1.165) is 25.2 Å². The molecule has 122 valence electrons. The number of piperidine rings is 1. The van der Waals surface area contributed by atoms with E-state index in [1.54, 1.807) is 11.6 Å². The van der Waals surface area contributed by atoms with E-state index in [4.69, 9.17) is 0 Å². The molecule has 0 saturated carbocycles. The number of nitrogens with one attached hydrogen (secondary N) is 1. The average Bonchev–Trinajstić information content (AvgIpc) is 3.15. The monoisotopic (exact) mass is 333 g/mol. The molecule has 3 rings (SSSR count). The molecule has 0 bridgehead atoms. The fraction of sp³-hybridized carbons (Fsp3) is 0.467. The summed E-state index contributed by atoms with van der Waals surface area (Å²) < 4.78 is 2.13. The van der Waals surface area contributed by atoms with Crippen LogP contribution in [-0.2, 0) is 4.79 Å². The standard InChI is InChI=1S/C15H19N5O2S/c1-10-16-5-7-20(10)12-4-3-6-19(8-12)14(22)13-9-23-15(18-13)17-11(2)21/h5,7,9,12H,3-4,6,8H2,1-2H3,(H,17,18,21). The maximum Gasteiger partial charge on any atom is 0.273 e. The first-order valence-electron chi connectivity index (χ1n) is 7.56. The molecule has 0 radical (unpaired) electrons. The summed E-state index contributed by atoms with van der Waals surface area (Å²) in [4.78, 5) is 34.0. The van der Waals surface area contributed by atoms with Crippen LogP contribution in [0.15, 0.2) is 17.8 Å². The Labute approximate surface area is 138 Å². The summed E-state index contributed by atoms with van der Waals surface area (Å²) in [7, 11) is 0. The van der Waals surface area contributed by atoms with Crippen molar-refractivity contribution < 1.29 is 9.59 Å². The number of rotatable bonds is 3. The van der Waals surface area contributed by atoms with Gasteiger partial charge in [-0.1, -0.05) is 0 Å². The molecule has 2 aromatic heterocycles. The van der Waals surface area contributed by atoms with Crippen LogP contribution >= 0.6 is 11.3 Å². The van der Waals surface area contributed by atoms with Crippen LogP contribution in [0.4, 0.5) is 5.13 Å². The van der Waals surface area contributed by atoms with Gasteiger partial charge in [0.2, 0.25) is 5.91 Å². The Morgan fingerprint density at radius 2 is 2.26 bits per heavy atom. The molecule has 2 amide bonds. The van der Waals surface area contributed by atoms with Crippen LogP contribution in [0.5, 0.6) is 0 Å². The first kappa shape index (κ1) is 15.7. The SMILES string of the molecule is CC(=O)Nc1nc(C(=O)N2CCCC(n3ccnc3C)C2)cs1. The highest BCUT2D eigenvalue weighted by Crippen LogP contribution is 2.25. The fourth-order valence-electron chi connectivity index (χ4n) is 2.88. The normalized spacial score (nSPS) is 18.0. The van der Waals surface area contributed by atoms with Gasteiger partial charge in [0.1, 0.15) is 11.5 Å². The molecule has 1 aliphatic rings. The van der Waals surface area contributed by atoms with Crippen molar-refractivity contribution in [1.82, 2.24) is 19.4 Å². The number of imidazole rings is 1. The Hall–Kier alpha value is -2.22. The second kappa shape index (κ2) is 6.49. The zero-order valence-electron chi connectivity index (χ0n) is 13.2. The van der Waals surface area contributed by atoms with E-state index in [2.05, 4.69) is 19.9 Å². The van der Waals surface area contributed by atoms with Crippen molar-refractivity contribution in [3.8, 4) is 0 Å². The average molecular weight is 333 g/mol. The molecule has 1 N–H and O–H groups in total. The molecule has 1 fully saturated rings. The van der Waals surface area contributed by atoms with Gasteiger partial charge in [-0.25, -0.2) is 9.97 Å². The molecule has 1 saturated heterocycles. The summed E-state index contributed by atoms with van der Waals surface area (Å²) in [5.74, 6) is 0.693. The maximum atomic E-state index is 12.6. The number of aryl methyl sites for hydroxylation is 1. The van der Waals surface area contributed by atoms with Crippen molar-refractivity contribution in [1.29, 1.82) is 0 Å². The molecule has 0 spiro atoms. The van der Waals surface area contributed by atoms with Crippen LogP contribution in [0, 0.1) is 6.92 Å². The van der Waals surface area contributed by atoms with E-state index in [-0.39, 0.29) is 17.9 Å². The van der Waals surface area contributed by atoms with Crippen LogP contribution in [0.25, 0.3) is 0 Å². The summed E-state index contributed by atoms with van der Waals surface area (Å²) in [6.07, 6.45) is 5.74. The lowest BCUT2D eigenvalue weighted by molar-refractivity contribution is -0.114. The summed E-state index contributed by atoms with van der Waals surface area (Å²) in [5, 5.41) is 4.76. The fourth-order valence-corrected chi connectivity index (χ4v) is 3.61. The van der Waals surface area contributed by atoms with Crippen molar-refractivity contribution >= 4 is 28.3 Å². The van der Waals surface area contributed by atoms with Gasteiger partial charge >= 0.3 is 0 Å². The molecule has 23 heavy (non-hydrogen) atoms. The Morgan fingerprint density at radius 1 is 1.43 bits per heavy atom. The summed E-state index contributed by atoms with van der Waals surface area (Å²) in [5.41, 5.74) is 0.391. The van der Waals surface area contributed by atoms with Gasteiger partial charge in [0.15, 0.2) is 5.13 Å². The number of amides is 2. The van der Waals surface area contributed by atoms with E-state index in [1.807, 2.05) is 18.0 Å². The summed E-state index contributed by atoms with van der Waals surface area (Å²) in [6, 6.07) is 0.253. The molecule has 3 heterocycles. The lowest BCUT2D eigenvalue weighted by Crippen LogP contribution is -2.41. The molecular formula is C15H19N5O2S. The topological polar surface area (TPSA) is 80.1 Å². The number of nitrogens with zero attached hydrogens (tertiary/aromatic N) is 4. The summed E-state index contributed by atoms with van der Waals surface area (Å²) >= 11 is 1.27. The third-order valence-electron chi connectivity index (χ3n) is 3.95. The van der Waals surface area contributed by atoms with Crippen LogP contribution < -0.4 is 5.32 Å². The molecule has 0 aliphatic carbocycles. The largest absolute Gasteiger partial charge is 0.335 e. The Morgan fingerprint density at radius 3 is 2.96 bits per heavy atom. The lowest BCUT2D eigenvalue weighted by Gasteiger charge is -2.33. The summed E-state index contributed by atoms with van der Waals surface area (Å²) in [6.45, 7) is 4.78. The minimum atomic E-state index is -0.188. The van der Waals surface area contributed by atoms with Gasteiger partial charge in [-0.3, -0.25) is 9.59 Å². The van der Waals surface area contributed by atoms with E-state index < -0.39 is 0 Å². The third kappa shape index (κ3) is 3.42. The molecule has 8 heteroatoms. The predicted molar refractivity (Wildman–Crippen MR) is 87.6 cm³/mol.